The average Bonchev–Trinajstić information content (AvgIpc) is 3.37. The number of hydrogen-bond donors (Lipinski definition) is 2. The highest BCUT2D eigenvalue weighted by molar-refractivity contribution is 5.74. The number of aliphatic carboxylic acids is 2. The zero-order valence-electron chi connectivity index (χ0n) is 22.1. The molecule has 4 aromatic rings. The molecular formula is C28H26F6N4O4. The SMILES string of the molecule is CN1CCN(c2ccc(-c3ccn4c(-c5ccccc5)cnc4c3)cc2)CC1.O=C(O)C(F)(F)F.O=C(O)C(F)(F)F. The van der Waals surface area contributed by atoms with Crippen LogP contribution in [0.25, 0.3) is 28.0 Å². The van der Waals surface area contributed by atoms with E-state index in [1.165, 1.54) is 22.4 Å². The predicted molar refractivity (Wildman–Crippen MR) is 143 cm³/mol. The molecule has 0 saturated carbocycles. The van der Waals surface area contributed by atoms with E-state index in [0.717, 1.165) is 37.5 Å². The van der Waals surface area contributed by atoms with Crippen LogP contribution in [0, 0.1) is 0 Å². The van der Waals surface area contributed by atoms with Crippen molar-refractivity contribution in [2.45, 2.75) is 12.4 Å². The number of anilines is 1. The molecule has 1 saturated heterocycles. The summed E-state index contributed by atoms with van der Waals surface area (Å²) in [6.45, 7) is 4.44. The van der Waals surface area contributed by atoms with Crippen LogP contribution in [-0.2, 0) is 9.59 Å². The van der Waals surface area contributed by atoms with E-state index in [0.29, 0.717) is 0 Å². The molecule has 14 heteroatoms. The zero-order chi connectivity index (χ0) is 31.1. The van der Waals surface area contributed by atoms with Crippen LogP contribution in [0.1, 0.15) is 0 Å². The van der Waals surface area contributed by atoms with Gasteiger partial charge in [0.15, 0.2) is 0 Å². The summed E-state index contributed by atoms with van der Waals surface area (Å²) in [5.74, 6) is -5.51. The van der Waals surface area contributed by atoms with Crippen molar-refractivity contribution < 1.29 is 46.1 Å². The summed E-state index contributed by atoms with van der Waals surface area (Å²) < 4.78 is 65.6. The van der Waals surface area contributed by atoms with E-state index >= 15 is 0 Å². The highest BCUT2D eigenvalue weighted by atomic mass is 19.4. The maximum atomic E-state index is 10.6. The van der Waals surface area contributed by atoms with Crippen molar-refractivity contribution in [3.05, 3.63) is 79.1 Å². The lowest BCUT2D eigenvalue weighted by Gasteiger charge is -2.34. The largest absolute Gasteiger partial charge is 0.490 e. The fourth-order valence-electron chi connectivity index (χ4n) is 3.91. The third kappa shape index (κ3) is 8.70. The number of nitrogens with zero attached hydrogens (tertiary/aromatic N) is 4. The highest BCUT2D eigenvalue weighted by Gasteiger charge is 2.38. The Kier molecular flexibility index (Phi) is 10.2. The highest BCUT2D eigenvalue weighted by Crippen LogP contribution is 2.27. The Morgan fingerprint density at radius 2 is 1.26 bits per heavy atom. The number of aromatic nitrogens is 2. The van der Waals surface area contributed by atoms with Crippen molar-refractivity contribution in [2.75, 3.05) is 38.1 Å². The number of benzene rings is 2. The lowest BCUT2D eigenvalue weighted by Crippen LogP contribution is -2.44. The number of carbonyl (C=O) groups is 2. The van der Waals surface area contributed by atoms with Gasteiger partial charge in [0, 0.05) is 43.6 Å². The van der Waals surface area contributed by atoms with Gasteiger partial charge in [-0.2, -0.15) is 26.3 Å². The summed E-state index contributed by atoms with van der Waals surface area (Å²) in [6, 6.07) is 23.7. The molecule has 0 radical (unpaired) electrons. The second-order valence-corrected chi connectivity index (χ2v) is 9.10. The van der Waals surface area contributed by atoms with Gasteiger partial charge in [-0.05, 0) is 42.4 Å². The molecule has 224 valence electrons. The van der Waals surface area contributed by atoms with Crippen molar-refractivity contribution in [1.82, 2.24) is 14.3 Å². The fraction of sp³-hybridized carbons (Fsp3) is 0.250. The first-order chi connectivity index (χ1) is 19.7. The molecule has 0 aliphatic carbocycles. The minimum atomic E-state index is -5.08. The molecular weight excluding hydrogens is 570 g/mol. The summed E-state index contributed by atoms with van der Waals surface area (Å²) in [7, 11) is 2.19. The lowest BCUT2D eigenvalue weighted by molar-refractivity contribution is -0.193. The quantitative estimate of drug-likeness (QED) is 0.294. The number of carboxylic acids is 2. The van der Waals surface area contributed by atoms with Gasteiger partial charge in [0.2, 0.25) is 0 Å². The first-order valence-corrected chi connectivity index (χ1v) is 12.3. The van der Waals surface area contributed by atoms with E-state index in [2.05, 4.69) is 93.1 Å². The Bertz CT molecular complexity index is 1460. The number of likely N-dealkylation sites (N-methyl/N-ethyl adjacent to an activating group) is 1. The fourth-order valence-corrected chi connectivity index (χ4v) is 3.91. The number of halogens is 6. The van der Waals surface area contributed by atoms with Crippen LogP contribution >= 0.6 is 0 Å². The molecule has 1 aliphatic rings. The Balaban J connectivity index is 0.000000289. The molecule has 1 aliphatic heterocycles. The van der Waals surface area contributed by atoms with Crippen LogP contribution in [-0.4, -0.2) is 82.0 Å². The van der Waals surface area contributed by atoms with Crippen molar-refractivity contribution in [3.8, 4) is 22.4 Å². The van der Waals surface area contributed by atoms with Gasteiger partial charge >= 0.3 is 24.3 Å². The number of fused-ring (bicyclic) bond motifs is 1. The van der Waals surface area contributed by atoms with Gasteiger partial charge in [-0.1, -0.05) is 42.5 Å². The van der Waals surface area contributed by atoms with Crippen LogP contribution in [0.15, 0.2) is 79.1 Å². The molecule has 0 unspecified atom stereocenters. The van der Waals surface area contributed by atoms with Crippen LogP contribution in [0.2, 0.25) is 0 Å². The van der Waals surface area contributed by atoms with Gasteiger partial charge < -0.3 is 20.0 Å². The average molecular weight is 597 g/mol. The van der Waals surface area contributed by atoms with Gasteiger partial charge in [-0.15, -0.1) is 0 Å². The predicted octanol–water partition coefficient (Wildman–Crippen LogP) is 5.69. The summed E-state index contributed by atoms with van der Waals surface area (Å²) in [6.07, 6.45) is -6.10. The second kappa shape index (κ2) is 13.4. The van der Waals surface area contributed by atoms with E-state index in [4.69, 9.17) is 19.8 Å². The molecule has 2 N–H and O–H groups in total. The van der Waals surface area contributed by atoms with E-state index < -0.39 is 24.3 Å². The number of pyridine rings is 1. The first kappa shape index (κ1) is 31.9. The molecule has 42 heavy (non-hydrogen) atoms. The van der Waals surface area contributed by atoms with Gasteiger partial charge in [0.1, 0.15) is 5.65 Å². The Labute approximate surface area is 236 Å². The summed E-state index contributed by atoms with van der Waals surface area (Å²) in [4.78, 5) is 27.3. The second-order valence-electron chi connectivity index (χ2n) is 9.10. The maximum absolute atomic E-state index is 10.6. The molecule has 1 fully saturated rings. The van der Waals surface area contributed by atoms with Crippen molar-refractivity contribution in [2.24, 2.45) is 0 Å². The standard InChI is InChI=1S/C24H24N4.2C2HF3O2/c1-26-13-15-27(16-14-26)22-9-7-19(8-10-22)21-11-12-28-23(18-25-24(28)17-21)20-5-3-2-4-6-20;2*3-2(4,5)1(6)7/h2-12,17-18H,13-16H2,1H3;2*(H,6,7). The molecule has 3 heterocycles. The van der Waals surface area contributed by atoms with E-state index in [9.17, 15) is 26.3 Å². The van der Waals surface area contributed by atoms with Crippen LogP contribution in [0.5, 0.6) is 0 Å². The van der Waals surface area contributed by atoms with Gasteiger partial charge in [0.05, 0.1) is 11.9 Å². The molecule has 8 nitrogen and oxygen atoms in total. The van der Waals surface area contributed by atoms with E-state index in [1.807, 2.05) is 12.3 Å². The third-order valence-electron chi connectivity index (χ3n) is 6.14. The van der Waals surface area contributed by atoms with Crippen molar-refractivity contribution in [1.29, 1.82) is 0 Å². The number of imidazole rings is 1. The molecule has 0 spiro atoms. The van der Waals surface area contributed by atoms with Crippen molar-refractivity contribution >= 4 is 23.3 Å². The zero-order valence-corrected chi connectivity index (χ0v) is 22.1. The number of carboxylic acid groups (broad SMARTS) is 2. The van der Waals surface area contributed by atoms with Gasteiger partial charge in [-0.25, -0.2) is 14.6 Å². The number of alkyl halides is 6. The molecule has 0 atom stereocenters. The number of piperazine rings is 1. The van der Waals surface area contributed by atoms with Crippen LogP contribution in [0.3, 0.4) is 0 Å². The topological polar surface area (TPSA) is 98.4 Å². The van der Waals surface area contributed by atoms with Crippen molar-refractivity contribution in [3.63, 3.8) is 0 Å². The Morgan fingerprint density at radius 3 is 1.76 bits per heavy atom. The molecule has 2 aromatic heterocycles. The Hall–Kier alpha value is -4.59. The summed E-state index contributed by atoms with van der Waals surface area (Å²) in [5, 5.41) is 14.2. The molecule has 2 aromatic carbocycles. The monoisotopic (exact) mass is 596 g/mol. The number of hydrogen-bond acceptors (Lipinski definition) is 5. The summed E-state index contributed by atoms with van der Waals surface area (Å²) in [5.41, 5.74) is 7.00. The Morgan fingerprint density at radius 1 is 0.738 bits per heavy atom. The summed E-state index contributed by atoms with van der Waals surface area (Å²) >= 11 is 0. The normalized spacial score (nSPS) is 13.9. The third-order valence-corrected chi connectivity index (χ3v) is 6.14. The molecule has 5 rings (SSSR count). The minimum absolute atomic E-state index is 0.972. The van der Waals surface area contributed by atoms with E-state index in [1.54, 1.807) is 0 Å². The minimum Gasteiger partial charge on any atom is -0.475 e. The molecule has 0 bridgehead atoms. The smallest absolute Gasteiger partial charge is 0.475 e. The van der Waals surface area contributed by atoms with Crippen LogP contribution in [0.4, 0.5) is 32.0 Å². The first-order valence-electron chi connectivity index (χ1n) is 12.3. The van der Waals surface area contributed by atoms with E-state index in [-0.39, 0.29) is 0 Å². The maximum Gasteiger partial charge on any atom is 0.490 e. The lowest BCUT2D eigenvalue weighted by atomic mass is 10.1. The van der Waals surface area contributed by atoms with Gasteiger partial charge in [0.25, 0.3) is 0 Å². The van der Waals surface area contributed by atoms with Crippen LogP contribution < -0.4 is 4.90 Å². The van der Waals surface area contributed by atoms with Gasteiger partial charge in [-0.3, -0.25) is 4.40 Å². The number of rotatable bonds is 3. The molecule has 0 amide bonds.